The van der Waals surface area contributed by atoms with Crippen LogP contribution in [0.1, 0.15) is 12.8 Å². The molecule has 3 nitrogen and oxygen atoms in total. The van der Waals surface area contributed by atoms with Crippen LogP contribution in [0, 0.1) is 11.8 Å². The Labute approximate surface area is 60.0 Å². The van der Waals surface area contributed by atoms with Crippen LogP contribution >= 0.6 is 0 Å². The first kappa shape index (κ1) is 6.16. The first-order chi connectivity index (χ1) is 4.81. The van der Waals surface area contributed by atoms with Crippen molar-refractivity contribution in [2.24, 2.45) is 17.6 Å². The van der Waals surface area contributed by atoms with E-state index in [-0.39, 0.29) is 11.9 Å². The third-order valence-electron chi connectivity index (χ3n) is 2.54. The van der Waals surface area contributed by atoms with E-state index in [1.54, 1.807) is 0 Å². The van der Waals surface area contributed by atoms with Gasteiger partial charge in [0.25, 0.3) is 0 Å². The number of hydrogen-bond acceptors (Lipinski definition) is 2. The Bertz CT molecular complexity index is 169. The second kappa shape index (κ2) is 1.95. The number of hydrogen-bond donors (Lipinski definition) is 2. The van der Waals surface area contributed by atoms with E-state index in [2.05, 4.69) is 5.32 Å². The Hall–Kier alpha value is -0.570. The average Bonchev–Trinajstić information content (AvgIpc) is 2.64. The maximum atomic E-state index is 10.9. The van der Waals surface area contributed by atoms with E-state index < -0.39 is 0 Å². The fourth-order valence-corrected chi connectivity index (χ4v) is 1.84. The van der Waals surface area contributed by atoms with E-state index in [0.717, 1.165) is 6.42 Å². The highest BCUT2D eigenvalue weighted by atomic mass is 16.1. The second-order valence-corrected chi connectivity index (χ2v) is 3.27. The lowest BCUT2D eigenvalue weighted by atomic mass is 10.1. The Balaban J connectivity index is 2.02. The molecule has 3 unspecified atom stereocenters. The monoisotopic (exact) mass is 140 g/mol. The van der Waals surface area contributed by atoms with Gasteiger partial charge in [0.05, 0.1) is 0 Å². The Kier molecular flexibility index (Phi) is 1.20. The van der Waals surface area contributed by atoms with Gasteiger partial charge in [0.2, 0.25) is 5.91 Å². The number of piperidine rings is 1. The molecule has 1 heterocycles. The van der Waals surface area contributed by atoms with Crippen LogP contribution in [0.2, 0.25) is 0 Å². The number of carbonyl (C=O) groups excluding carboxylic acids is 1. The predicted octanol–water partition coefficient (Wildman–Crippen LogP) is -0.530. The summed E-state index contributed by atoms with van der Waals surface area (Å²) in [7, 11) is 0. The summed E-state index contributed by atoms with van der Waals surface area (Å²) in [5, 5.41) is 2.89. The Morgan fingerprint density at radius 2 is 2.50 bits per heavy atom. The standard InChI is InChI=1S/C7H12N2O/c8-3-6-5-1-4(5)2-7(10)9-6/h4-6H,1-3,8H2,(H,9,10). The summed E-state index contributed by atoms with van der Waals surface area (Å²) in [4.78, 5) is 10.9. The molecule has 2 aliphatic rings. The normalized spacial score (nSPS) is 44.1. The van der Waals surface area contributed by atoms with Crippen LogP contribution < -0.4 is 11.1 Å². The van der Waals surface area contributed by atoms with Crippen molar-refractivity contribution in [2.75, 3.05) is 6.54 Å². The number of fused-ring (bicyclic) bond motifs is 1. The lowest BCUT2D eigenvalue weighted by molar-refractivity contribution is -0.123. The van der Waals surface area contributed by atoms with Crippen molar-refractivity contribution in [1.82, 2.24) is 5.32 Å². The van der Waals surface area contributed by atoms with E-state index in [4.69, 9.17) is 5.73 Å². The quantitative estimate of drug-likeness (QED) is 0.514. The van der Waals surface area contributed by atoms with Crippen LogP contribution in [0.25, 0.3) is 0 Å². The minimum Gasteiger partial charge on any atom is -0.352 e. The molecule has 0 aromatic rings. The van der Waals surface area contributed by atoms with Gasteiger partial charge < -0.3 is 11.1 Å². The van der Waals surface area contributed by atoms with E-state index in [1.165, 1.54) is 6.42 Å². The molecule has 0 aromatic heterocycles. The highest BCUT2D eigenvalue weighted by Crippen LogP contribution is 2.45. The summed E-state index contributed by atoms with van der Waals surface area (Å²) >= 11 is 0. The summed E-state index contributed by atoms with van der Waals surface area (Å²) in [6, 6.07) is 0.284. The summed E-state index contributed by atoms with van der Waals surface area (Å²) < 4.78 is 0. The number of amides is 1. The molecule has 3 N–H and O–H groups in total. The molecule has 0 aromatic carbocycles. The summed E-state index contributed by atoms with van der Waals surface area (Å²) in [5.41, 5.74) is 5.47. The van der Waals surface area contributed by atoms with Crippen molar-refractivity contribution in [3.05, 3.63) is 0 Å². The molecule has 10 heavy (non-hydrogen) atoms. The molecular weight excluding hydrogens is 128 g/mol. The number of nitrogens with one attached hydrogen (secondary N) is 1. The number of rotatable bonds is 1. The van der Waals surface area contributed by atoms with Gasteiger partial charge in [0.1, 0.15) is 0 Å². The van der Waals surface area contributed by atoms with Gasteiger partial charge in [-0.3, -0.25) is 4.79 Å². The maximum Gasteiger partial charge on any atom is 0.220 e. The first-order valence-corrected chi connectivity index (χ1v) is 3.80. The maximum absolute atomic E-state index is 10.9. The van der Waals surface area contributed by atoms with Crippen molar-refractivity contribution < 1.29 is 4.79 Å². The zero-order valence-electron chi connectivity index (χ0n) is 5.84. The van der Waals surface area contributed by atoms with Gasteiger partial charge in [-0.05, 0) is 18.3 Å². The molecule has 2 rings (SSSR count). The van der Waals surface area contributed by atoms with Crippen molar-refractivity contribution in [3.63, 3.8) is 0 Å². The summed E-state index contributed by atoms with van der Waals surface area (Å²) in [6.07, 6.45) is 1.95. The molecule has 56 valence electrons. The van der Waals surface area contributed by atoms with Gasteiger partial charge in [0, 0.05) is 19.0 Å². The molecule has 3 heteroatoms. The highest BCUT2D eigenvalue weighted by Gasteiger charge is 2.47. The Morgan fingerprint density at radius 1 is 1.70 bits per heavy atom. The van der Waals surface area contributed by atoms with Crippen LogP contribution in [0.15, 0.2) is 0 Å². The van der Waals surface area contributed by atoms with E-state index in [9.17, 15) is 4.79 Å². The fourth-order valence-electron chi connectivity index (χ4n) is 1.84. The van der Waals surface area contributed by atoms with Crippen molar-refractivity contribution in [3.8, 4) is 0 Å². The third-order valence-corrected chi connectivity index (χ3v) is 2.54. The molecule has 1 aliphatic carbocycles. The third kappa shape index (κ3) is 0.814. The van der Waals surface area contributed by atoms with Gasteiger partial charge in [0.15, 0.2) is 0 Å². The van der Waals surface area contributed by atoms with Crippen LogP contribution in [0.5, 0.6) is 0 Å². The van der Waals surface area contributed by atoms with Crippen LogP contribution in [0.4, 0.5) is 0 Å². The molecule has 0 radical (unpaired) electrons. The van der Waals surface area contributed by atoms with Gasteiger partial charge in [-0.2, -0.15) is 0 Å². The lowest BCUT2D eigenvalue weighted by Crippen LogP contribution is -2.45. The van der Waals surface area contributed by atoms with Gasteiger partial charge in [-0.25, -0.2) is 0 Å². The van der Waals surface area contributed by atoms with Gasteiger partial charge in [-0.1, -0.05) is 0 Å². The van der Waals surface area contributed by atoms with E-state index in [1.807, 2.05) is 0 Å². The topological polar surface area (TPSA) is 55.1 Å². The molecular formula is C7H12N2O. The molecule has 1 amide bonds. The SMILES string of the molecule is NCC1NC(=O)CC2CC21. The average molecular weight is 140 g/mol. The summed E-state index contributed by atoms with van der Waals surface area (Å²) in [6.45, 7) is 0.604. The molecule has 2 fully saturated rings. The van der Waals surface area contributed by atoms with E-state index in [0.29, 0.717) is 18.4 Å². The smallest absolute Gasteiger partial charge is 0.220 e. The van der Waals surface area contributed by atoms with Crippen LogP contribution in [-0.4, -0.2) is 18.5 Å². The molecule has 1 saturated heterocycles. The van der Waals surface area contributed by atoms with Gasteiger partial charge >= 0.3 is 0 Å². The zero-order valence-corrected chi connectivity index (χ0v) is 5.84. The van der Waals surface area contributed by atoms with Crippen LogP contribution in [-0.2, 0) is 4.79 Å². The Morgan fingerprint density at radius 3 is 3.20 bits per heavy atom. The second-order valence-electron chi connectivity index (χ2n) is 3.27. The highest BCUT2D eigenvalue weighted by molar-refractivity contribution is 5.78. The zero-order chi connectivity index (χ0) is 7.14. The molecule has 1 saturated carbocycles. The molecule has 1 aliphatic heterocycles. The van der Waals surface area contributed by atoms with Crippen molar-refractivity contribution >= 4 is 5.91 Å². The largest absolute Gasteiger partial charge is 0.352 e. The molecule has 0 bridgehead atoms. The van der Waals surface area contributed by atoms with Crippen molar-refractivity contribution in [1.29, 1.82) is 0 Å². The minimum absolute atomic E-state index is 0.189. The molecule has 0 spiro atoms. The summed E-state index contributed by atoms with van der Waals surface area (Å²) in [5.74, 6) is 1.57. The lowest BCUT2D eigenvalue weighted by Gasteiger charge is -2.20. The number of nitrogens with two attached hydrogens (primary N) is 1. The number of carbonyl (C=O) groups is 1. The van der Waals surface area contributed by atoms with Crippen LogP contribution in [0.3, 0.4) is 0 Å². The van der Waals surface area contributed by atoms with Gasteiger partial charge in [-0.15, -0.1) is 0 Å². The fraction of sp³-hybridized carbons (Fsp3) is 0.857. The molecule has 3 atom stereocenters. The predicted molar refractivity (Wildman–Crippen MR) is 37.2 cm³/mol. The first-order valence-electron chi connectivity index (χ1n) is 3.80. The van der Waals surface area contributed by atoms with Crippen molar-refractivity contribution in [2.45, 2.75) is 18.9 Å². The minimum atomic E-state index is 0.189. The van der Waals surface area contributed by atoms with E-state index >= 15 is 0 Å².